The van der Waals surface area contributed by atoms with Crippen LogP contribution in [-0.4, -0.2) is 9.91 Å². The highest BCUT2D eigenvalue weighted by molar-refractivity contribution is 7.21. The van der Waals surface area contributed by atoms with Crippen molar-refractivity contribution in [2.45, 2.75) is 0 Å². The van der Waals surface area contributed by atoms with Crippen LogP contribution in [0.25, 0.3) is 10.1 Å². The average Bonchev–Trinajstić information content (AvgIpc) is 2.16. The summed E-state index contributed by atoms with van der Waals surface area (Å²) in [4.78, 5) is 24.8. The Kier molecular flexibility index (Phi) is 2.09. The van der Waals surface area contributed by atoms with Crippen LogP contribution in [0.15, 0.2) is 23.0 Å². The summed E-state index contributed by atoms with van der Waals surface area (Å²) in [7, 11) is 0. The van der Waals surface area contributed by atoms with Gasteiger partial charge in [-0.2, -0.15) is 4.98 Å². The van der Waals surface area contributed by atoms with Gasteiger partial charge in [0.2, 0.25) is 0 Å². The van der Waals surface area contributed by atoms with Crippen LogP contribution in [0, 0.1) is 10.1 Å². The topological polar surface area (TPSA) is 99.1 Å². The average molecular weight is 223 g/mol. The molecule has 2 aromatic rings. The smallest absolute Gasteiger partial charge is 0.281 e. The van der Waals surface area contributed by atoms with Gasteiger partial charge in [-0.05, 0) is 6.07 Å². The zero-order valence-electron chi connectivity index (χ0n) is 7.34. The van der Waals surface area contributed by atoms with E-state index in [0.717, 1.165) is 11.3 Å². The minimum atomic E-state index is -0.556. The van der Waals surface area contributed by atoms with Crippen LogP contribution >= 0.6 is 11.3 Å². The van der Waals surface area contributed by atoms with Crippen LogP contribution in [0.1, 0.15) is 0 Å². The fourth-order valence-electron chi connectivity index (χ4n) is 1.18. The van der Waals surface area contributed by atoms with Gasteiger partial charge in [-0.3, -0.25) is 14.9 Å². The summed E-state index contributed by atoms with van der Waals surface area (Å²) in [5, 5.41) is 10.9. The monoisotopic (exact) mass is 223 g/mol. The van der Waals surface area contributed by atoms with Crippen LogP contribution in [0.4, 0.5) is 10.8 Å². The van der Waals surface area contributed by atoms with Gasteiger partial charge < -0.3 is 5.73 Å². The van der Waals surface area contributed by atoms with Gasteiger partial charge in [0, 0.05) is 16.8 Å². The Bertz CT molecular complexity index is 608. The highest BCUT2D eigenvalue weighted by atomic mass is 32.1. The fourth-order valence-corrected chi connectivity index (χ4v) is 1.93. The molecular weight excluding hydrogens is 218 g/mol. The second-order valence-electron chi connectivity index (χ2n) is 2.79. The number of nitro groups is 1. The van der Waals surface area contributed by atoms with Crippen molar-refractivity contribution in [3.8, 4) is 0 Å². The third-order valence-electron chi connectivity index (χ3n) is 1.83. The number of nitrogens with zero attached hydrogens (tertiary/aromatic N) is 2. The molecule has 1 aromatic heterocycles. The lowest BCUT2D eigenvalue weighted by atomic mass is 10.2. The second kappa shape index (κ2) is 3.28. The van der Waals surface area contributed by atoms with Gasteiger partial charge in [-0.15, -0.1) is 0 Å². The highest BCUT2D eigenvalue weighted by Crippen LogP contribution is 2.22. The minimum absolute atomic E-state index is 0.127. The lowest BCUT2D eigenvalue weighted by molar-refractivity contribution is -0.384. The van der Waals surface area contributed by atoms with E-state index in [0.29, 0.717) is 4.70 Å². The SMILES string of the molecule is Nc1nc(=O)c2cc([N+](=O)[O-])ccc2s1. The van der Waals surface area contributed by atoms with Crippen molar-refractivity contribution < 1.29 is 4.92 Å². The van der Waals surface area contributed by atoms with Gasteiger partial charge in [0.1, 0.15) is 0 Å². The zero-order chi connectivity index (χ0) is 11.0. The normalized spacial score (nSPS) is 10.4. The van der Waals surface area contributed by atoms with E-state index in [1.165, 1.54) is 18.2 Å². The lowest BCUT2D eigenvalue weighted by Gasteiger charge is -1.96. The summed E-state index contributed by atoms with van der Waals surface area (Å²) in [6.07, 6.45) is 0. The largest absolute Gasteiger partial charge is 0.375 e. The highest BCUT2D eigenvalue weighted by Gasteiger charge is 2.09. The minimum Gasteiger partial charge on any atom is -0.375 e. The predicted molar refractivity (Wildman–Crippen MR) is 57.0 cm³/mol. The molecule has 0 saturated heterocycles. The van der Waals surface area contributed by atoms with E-state index in [1.54, 1.807) is 0 Å². The van der Waals surface area contributed by atoms with Crippen molar-refractivity contribution in [2.75, 3.05) is 5.73 Å². The van der Waals surface area contributed by atoms with Crippen molar-refractivity contribution in [3.63, 3.8) is 0 Å². The summed E-state index contributed by atoms with van der Waals surface area (Å²) in [6, 6.07) is 4.04. The number of aromatic nitrogens is 1. The molecule has 2 rings (SSSR count). The molecule has 2 N–H and O–H groups in total. The number of anilines is 1. The van der Waals surface area contributed by atoms with Crippen molar-refractivity contribution in [2.24, 2.45) is 0 Å². The molecule has 1 aromatic carbocycles. The summed E-state index contributed by atoms with van der Waals surface area (Å²) in [5.41, 5.74) is 4.73. The van der Waals surface area contributed by atoms with E-state index >= 15 is 0 Å². The molecule has 0 atom stereocenters. The molecule has 1 heterocycles. The molecule has 0 saturated carbocycles. The quantitative estimate of drug-likeness (QED) is 0.577. The van der Waals surface area contributed by atoms with Crippen LogP contribution in [0.5, 0.6) is 0 Å². The summed E-state index contributed by atoms with van der Waals surface area (Å²) in [6.45, 7) is 0. The van der Waals surface area contributed by atoms with E-state index in [-0.39, 0.29) is 16.2 Å². The Hall–Kier alpha value is -2.02. The lowest BCUT2D eigenvalue weighted by Crippen LogP contribution is -2.07. The molecule has 0 fully saturated rings. The molecule has 15 heavy (non-hydrogen) atoms. The Balaban J connectivity index is 2.83. The number of nitrogen functional groups attached to an aromatic ring is 1. The number of nitrogens with two attached hydrogens (primary N) is 1. The Morgan fingerprint density at radius 3 is 2.87 bits per heavy atom. The number of non-ortho nitro benzene ring substituents is 1. The number of hydrogen-bond donors (Lipinski definition) is 1. The Morgan fingerprint density at radius 1 is 1.47 bits per heavy atom. The standard InChI is InChI=1S/C8H5N3O3S/c9-8-10-7(12)5-3-4(11(13)14)1-2-6(5)15-8/h1-3H,(H2,9,10,12). The van der Waals surface area contributed by atoms with Crippen molar-refractivity contribution >= 4 is 32.2 Å². The zero-order valence-corrected chi connectivity index (χ0v) is 8.15. The van der Waals surface area contributed by atoms with Crippen molar-refractivity contribution in [1.82, 2.24) is 4.98 Å². The van der Waals surface area contributed by atoms with Gasteiger partial charge in [0.25, 0.3) is 11.2 Å². The van der Waals surface area contributed by atoms with Crippen LogP contribution in [0.2, 0.25) is 0 Å². The molecule has 0 spiro atoms. The molecule has 76 valence electrons. The van der Waals surface area contributed by atoms with Crippen molar-refractivity contribution in [3.05, 3.63) is 38.7 Å². The maximum absolute atomic E-state index is 11.4. The number of nitro benzene ring substituents is 1. The Labute approximate surface area is 87.1 Å². The fraction of sp³-hybridized carbons (Fsp3) is 0. The third kappa shape index (κ3) is 1.64. The first kappa shape index (κ1) is 9.53. The summed E-state index contributed by atoms with van der Waals surface area (Å²) in [5.74, 6) is 0. The van der Waals surface area contributed by atoms with E-state index in [2.05, 4.69) is 4.98 Å². The van der Waals surface area contributed by atoms with E-state index < -0.39 is 10.5 Å². The summed E-state index contributed by atoms with van der Waals surface area (Å²) >= 11 is 1.12. The van der Waals surface area contributed by atoms with Gasteiger partial charge in [0.05, 0.1) is 10.3 Å². The van der Waals surface area contributed by atoms with Gasteiger partial charge >= 0.3 is 0 Å². The molecule has 0 amide bonds. The second-order valence-corrected chi connectivity index (χ2v) is 3.86. The molecule has 0 radical (unpaired) electrons. The molecule has 0 unspecified atom stereocenters. The van der Waals surface area contributed by atoms with Gasteiger partial charge in [-0.1, -0.05) is 11.3 Å². The maximum Gasteiger partial charge on any atom is 0.281 e. The number of benzene rings is 1. The first-order chi connectivity index (χ1) is 7.08. The molecule has 0 aliphatic rings. The van der Waals surface area contributed by atoms with Crippen LogP contribution in [-0.2, 0) is 0 Å². The van der Waals surface area contributed by atoms with Crippen LogP contribution < -0.4 is 11.3 Å². The summed E-state index contributed by atoms with van der Waals surface area (Å²) < 4.78 is 0.595. The molecule has 0 aliphatic carbocycles. The van der Waals surface area contributed by atoms with E-state index in [1.807, 2.05) is 0 Å². The number of hydrogen-bond acceptors (Lipinski definition) is 6. The molecular formula is C8H5N3O3S. The maximum atomic E-state index is 11.4. The number of rotatable bonds is 1. The third-order valence-corrected chi connectivity index (χ3v) is 2.71. The molecule has 7 heteroatoms. The van der Waals surface area contributed by atoms with Crippen LogP contribution in [0.3, 0.4) is 0 Å². The first-order valence-electron chi connectivity index (χ1n) is 3.93. The molecule has 0 aliphatic heterocycles. The van der Waals surface area contributed by atoms with E-state index in [9.17, 15) is 14.9 Å². The Morgan fingerprint density at radius 2 is 2.20 bits per heavy atom. The molecule has 0 bridgehead atoms. The number of fused-ring (bicyclic) bond motifs is 1. The van der Waals surface area contributed by atoms with Gasteiger partial charge in [0.15, 0.2) is 5.13 Å². The first-order valence-corrected chi connectivity index (χ1v) is 4.74. The predicted octanol–water partition coefficient (Wildman–Crippen LogP) is 1.15. The van der Waals surface area contributed by atoms with Crippen molar-refractivity contribution in [1.29, 1.82) is 0 Å². The molecule has 6 nitrogen and oxygen atoms in total. The van der Waals surface area contributed by atoms with E-state index in [4.69, 9.17) is 5.73 Å². The van der Waals surface area contributed by atoms with Gasteiger partial charge in [-0.25, -0.2) is 0 Å².